The highest BCUT2D eigenvalue weighted by atomic mass is 79.9. The van der Waals surface area contributed by atoms with Crippen LogP contribution in [0.4, 0.5) is 5.13 Å². The summed E-state index contributed by atoms with van der Waals surface area (Å²) in [5, 5.41) is 11.9. The molecule has 106 valence electrons. The standard InChI is InChI=1S/C14H16BrN3OS/c1-10-17-18-14(20-10)16-13(19)5-3-2-4-11-6-8-12(15)9-7-11/h6-9H,2-5H2,1H3,(H,16,18,19). The Balaban J connectivity index is 1.65. The minimum atomic E-state index is 0.0111. The Morgan fingerprint density at radius 1 is 1.25 bits per heavy atom. The second kappa shape index (κ2) is 7.50. The second-order valence-corrected chi connectivity index (χ2v) is 6.61. The van der Waals surface area contributed by atoms with Crippen molar-refractivity contribution in [1.82, 2.24) is 10.2 Å². The summed E-state index contributed by atoms with van der Waals surface area (Å²) in [6, 6.07) is 8.29. The molecule has 6 heteroatoms. The van der Waals surface area contributed by atoms with Gasteiger partial charge in [-0.05, 0) is 43.9 Å². The van der Waals surface area contributed by atoms with E-state index in [0.717, 1.165) is 28.7 Å². The maximum Gasteiger partial charge on any atom is 0.226 e. The Morgan fingerprint density at radius 3 is 2.65 bits per heavy atom. The fourth-order valence-corrected chi connectivity index (χ4v) is 2.67. The van der Waals surface area contributed by atoms with E-state index in [2.05, 4.69) is 43.6 Å². The highest BCUT2D eigenvalue weighted by Crippen LogP contribution is 2.15. The first-order chi connectivity index (χ1) is 9.63. The fourth-order valence-electron chi connectivity index (χ4n) is 1.79. The molecule has 2 rings (SSSR count). The normalized spacial score (nSPS) is 10.5. The van der Waals surface area contributed by atoms with E-state index in [9.17, 15) is 4.79 Å². The number of carbonyl (C=O) groups excluding carboxylic acids is 1. The number of rotatable bonds is 6. The Bertz CT molecular complexity index is 568. The zero-order valence-corrected chi connectivity index (χ0v) is 13.6. The van der Waals surface area contributed by atoms with Gasteiger partial charge in [0.05, 0.1) is 0 Å². The zero-order chi connectivity index (χ0) is 14.4. The number of benzene rings is 1. The van der Waals surface area contributed by atoms with Gasteiger partial charge >= 0.3 is 0 Å². The fraction of sp³-hybridized carbons (Fsp3) is 0.357. The summed E-state index contributed by atoms with van der Waals surface area (Å²) in [4.78, 5) is 11.7. The summed E-state index contributed by atoms with van der Waals surface area (Å²) in [5.74, 6) is 0.0111. The molecule has 1 N–H and O–H groups in total. The highest BCUT2D eigenvalue weighted by Gasteiger charge is 2.06. The topological polar surface area (TPSA) is 54.9 Å². The Hall–Kier alpha value is -1.27. The van der Waals surface area contributed by atoms with E-state index < -0.39 is 0 Å². The Kier molecular flexibility index (Phi) is 5.67. The summed E-state index contributed by atoms with van der Waals surface area (Å²) < 4.78 is 1.09. The largest absolute Gasteiger partial charge is 0.301 e. The van der Waals surface area contributed by atoms with E-state index in [1.165, 1.54) is 16.9 Å². The van der Waals surface area contributed by atoms with Crippen LogP contribution >= 0.6 is 27.3 Å². The number of anilines is 1. The highest BCUT2D eigenvalue weighted by molar-refractivity contribution is 9.10. The maximum atomic E-state index is 11.7. The molecule has 0 aliphatic carbocycles. The molecular formula is C14H16BrN3OS. The number of unbranched alkanes of at least 4 members (excludes halogenated alkanes) is 1. The van der Waals surface area contributed by atoms with Crippen LogP contribution in [0, 0.1) is 6.92 Å². The van der Waals surface area contributed by atoms with Gasteiger partial charge in [0.25, 0.3) is 0 Å². The number of amides is 1. The van der Waals surface area contributed by atoms with Gasteiger partial charge in [-0.3, -0.25) is 4.79 Å². The van der Waals surface area contributed by atoms with Crippen molar-refractivity contribution < 1.29 is 4.79 Å². The van der Waals surface area contributed by atoms with E-state index in [0.29, 0.717) is 11.6 Å². The summed E-state index contributed by atoms with van der Waals surface area (Å²) in [5.41, 5.74) is 1.30. The average Bonchev–Trinajstić information content (AvgIpc) is 2.82. The summed E-state index contributed by atoms with van der Waals surface area (Å²) in [6.45, 7) is 1.87. The molecule has 0 fully saturated rings. The third-order valence-electron chi connectivity index (χ3n) is 2.80. The van der Waals surface area contributed by atoms with Crippen LogP contribution in [-0.2, 0) is 11.2 Å². The molecule has 1 aromatic carbocycles. The molecule has 0 saturated carbocycles. The van der Waals surface area contributed by atoms with Crippen molar-refractivity contribution >= 4 is 38.3 Å². The number of nitrogens with one attached hydrogen (secondary N) is 1. The Labute approximate surface area is 130 Å². The SMILES string of the molecule is Cc1nnc(NC(=O)CCCCc2ccc(Br)cc2)s1. The van der Waals surface area contributed by atoms with Crippen LogP contribution in [0.15, 0.2) is 28.7 Å². The molecule has 1 heterocycles. The first-order valence-electron chi connectivity index (χ1n) is 6.48. The van der Waals surface area contributed by atoms with Crippen molar-refractivity contribution in [2.24, 2.45) is 0 Å². The van der Waals surface area contributed by atoms with Gasteiger partial charge in [0.15, 0.2) is 0 Å². The van der Waals surface area contributed by atoms with Crippen LogP contribution in [0.1, 0.15) is 29.8 Å². The maximum absolute atomic E-state index is 11.7. The molecule has 1 aromatic heterocycles. The number of hydrogen-bond acceptors (Lipinski definition) is 4. The predicted octanol–water partition coefficient (Wildman–Crippen LogP) is 3.96. The molecule has 4 nitrogen and oxygen atoms in total. The molecule has 0 spiro atoms. The molecule has 0 aliphatic heterocycles. The molecule has 20 heavy (non-hydrogen) atoms. The van der Waals surface area contributed by atoms with Crippen LogP contribution in [0.25, 0.3) is 0 Å². The van der Waals surface area contributed by atoms with Gasteiger partial charge in [0, 0.05) is 10.9 Å². The minimum Gasteiger partial charge on any atom is -0.301 e. The first kappa shape index (κ1) is 15.1. The van der Waals surface area contributed by atoms with Gasteiger partial charge in [0.1, 0.15) is 5.01 Å². The number of hydrogen-bond donors (Lipinski definition) is 1. The minimum absolute atomic E-state index is 0.0111. The lowest BCUT2D eigenvalue weighted by Gasteiger charge is -2.02. The average molecular weight is 354 g/mol. The number of halogens is 1. The second-order valence-electron chi connectivity index (χ2n) is 4.51. The van der Waals surface area contributed by atoms with Crippen LogP contribution in [-0.4, -0.2) is 16.1 Å². The van der Waals surface area contributed by atoms with Crippen molar-refractivity contribution in [3.8, 4) is 0 Å². The molecule has 0 atom stereocenters. The molecule has 0 bridgehead atoms. The van der Waals surface area contributed by atoms with Crippen molar-refractivity contribution in [3.63, 3.8) is 0 Å². The number of aromatic nitrogens is 2. The predicted molar refractivity (Wildman–Crippen MR) is 85.0 cm³/mol. The van der Waals surface area contributed by atoms with E-state index in [-0.39, 0.29) is 5.91 Å². The molecule has 1 amide bonds. The van der Waals surface area contributed by atoms with E-state index in [1.807, 2.05) is 19.1 Å². The smallest absolute Gasteiger partial charge is 0.226 e. The summed E-state index contributed by atoms with van der Waals surface area (Å²) >= 11 is 4.81. The third-order valence-corrected chi connectivity index (χ3v) is 4.09. The van der Waals surface area contributed by atoms with Crippen LogP contribution < -0.4 is 5.32 Å². The van der Waals surface area contributed by atoms with E-state index in [4.69, 9.17) is 0 Å². The van der Waals surface area contributed by atoms with Crippen LogP contribution in [0.5, 0.6) is 0 Å². The Morgan fingerprint density at radius 2 is 2.00 bits per heavy atom. The van der Waals surface area contributed by atoms with E-state index in [1.54, 1.807) is 0 Å². The molecule has 0 radical (unpaired) electrons. The third kappa shape index (κ3) is 5.02. The molecule has 0 unspecified atom stereocenters. The van der Waals surface area contributed by atoms with Crippen LogP contribution in [0.3, 0.4) is 0 Å². The van der Waals surface area contributed by atoms with Crippen molar-refractivity contribution in [2.75, 3.05) is 5.32 Å². The molecule has 0 aliphatic rings. The lowest BCUT2D eigenvalue weighted by atomic mass is 10.1. The zero-order valence-electron chi connectivity index (χ0n) is 11.2. The van der Waals surface area contributed by atoms with Gasteiger partial charge in [-0.25, -0.2) is 0 Å². The first-order valence-corrected chi connectivity index (χ1v) is 8.09. The lowest BCUT2D eigenvalue weighted by molar-refractivity contribution is -0.116. The van der Waals surface area contributed by atoms with Crippen molar-refractivity contribution in [3.05, 3.63) is 39.3 Å². The molecule has 2 aromatic rings. The summed E-state index contributed by atoms with van der Waals surface area (Å²) in [7, 11) is 0. The van der Waals surface area contributed by atoms with Gasteiger partial charge in [-0.15, -0.1) is 10.2 Å². The van der Waals surface area contributed by atoms with Crippen molar-refractivity contribution in [1.29, 1.82) is 0 Å². The molecular weight excluding hydrogens is 338 g/mol. The lowest BCUT2D eigenvalue weighted by Crippen LogP contribution is -2.10. The number of carbonyl (C=O) groups is 1. The summed E-state index contributed by atoms with van der Waals surface area (Å²) in [6.07, 6.45) is 3.40. The quantitative estimate of drug-likeness (QED) is 0.799. The number of nitrogens with zero attached hydrogens (tertiary/aromatic N) is 2. The van der Waals surface area contributed by atoms with Crippen molar-refractivity contribution in [2.45, 2.75) is 32.6 Å². The van der Waals surface area contributed by atoms with Gasteiger partial charge in [0.2, 0.25) is 11.0 Å². The number of aryl methyl sites for hydroxylation is 2. The van der Waals surface area contributed by atoms with Gasteiger partial charge in [-0.1, -0.05) is 39.4 Å². The molecule has 0 saturated heterocycles. The van der Waals surface area contributed by atoms with Gasteiger partial charge in [-0.2, -0.15) is 0 Å². The monoisotopic (exact) mass is 353 g/mol. The van der Waals surface area contributed by atoms with E-state index >= 15 is 0 Å². The van der Waals surface area contributed by atoms with Gasteiger partial charge < -0.3 is 5.32 Å². The van der Waals surface area contributed by atoms with Crippen LogP contribution in [0.2, 0.25) is 0 Å².